The third-order valence-electron chi connectivity index (χ3n) is 3.49. The molecule has 2 rings (SSSR count). The first-order valence-electron chi connectivity index (χ1n) is 6.32. The van der Waals surface area contributed by atoms with Crippen molar-refractivity contribution >= 4 is 24.8 Å². The van der Waals surface area contributed by atoms with E-state index in [1.54, 1.807) is 0 Å². The minimum Gasteiger partial charge on any atom is -0.505 e. The normalized spacial score (nSPS) is 17.3. The fourth-order valence-corrected chi connectivity index (χ4v) is 2.52. The number of rotatable bonds is 2. The van der Waals surface area contributed by atoms with E-state index < -0.39 is 23.8 Å². The lowest BCUT2D eigenvalue weighted by molar-refractivity contribution is -0.188. The van der Waals surface area contributed by atoms with Crippen LogP contribution in [0.15, 0.2) is 12.1 Å². The highest BCUT2D eigenvalue weighted by molar-refractivity contribution is 5.85. The molecule has 2 N–H and O–H groups in total. The van der Waals surface area contributed by atoms with Crippen molar-refractivity contribution in [2.75, 3.05) is 26.2 Å². The molecule has 9 heteroatoms. The summed E-state index contributed by atoms with van der Waals surface area (Å²) in [5.41, 5.74) is -0.163. The molecule has 0 aromatic heterocycles. The molecule has 1 aromatic rings. The number of aryl methyl sites for hydroxylation is 1. The molecular weight excluding hydrogens is 347 g/mol. The van der Waals surface area contributed by atoms with Crippen LogP contribution in [0.2, 0.25) is 0 Å². The Labute approximate surface area is 138 Å². The van der Waals surface area contributed by atoms with Gasteiger partial charge in [0, 0.05) is 31.7 Å². The van der Waals surface area contributed by atoms with Crippen LogP contribution in [0.1, 0.15) is 17.2 Å². The van der Waals surface area contributed by atoms with Gasteiger partial charge in [-0.2, -0.15) is 13.2 Å². The number of alkyl halides is 3. The topological polar surface area (TPSA) is 35.5 Å². The van der Waals surface area contributed by atoms with Crippen molar-refractivity contribution < 1.29 is 22.7 Å². The third-order valence-corrected chi connectivity index (χ3v) is 3.49. The summed E-state index contributed by atoms with van der Waals surface area (Å²) >= 11 is 0. The molecule has 1 aromatic carbocycles. The highest BCUT2D eigenvalue weighted by Crippen LogP contribution is 2.43. The van der Waals surface area contributed by atoms with Gasteiger partial charge in [0.15, 0.2) is 11.6 Å². The Morgan fingerprint density at radius 3 is 2.23 bits per heavy atom. The molecule has 1 fully saturated rings. The lowest BCUT2D eigenvalue weighted by atomic mass is 9.97. The fraction of sp³-hybridized carbons (Fsp3) is 0.538. The molecule has 128 valence electrons. The smallest absolute Gasteiger partial charge is 0.408 e. The van der Waals surface area contributed by atoms with E-state index in [4.69, 9.17) is 0 Å². The molecule has 3 nitrogen and oxygen atoms in total. The van der Waals surface area contributed by atoms with Crippen molar-refractivity contribution in [3.05, 3.63) is 29.1 Å². The zero-order valence-corrected chi connectivity index (χ0v) is 13.4. The highest BCUT2D eigenvalue weighted by atomic mass is 35.5. The summed E-state index contributed by atoms with van der Waals surface area (Å²) in [7, 11) is 0. The second-order valence-electron chi connectivity index (χ2n) is 4.86. The molecule has 1 saturated heterocycles. The summed E-state index contributed by atoms with van der Waals surface area (Å²) in [4.78, 5) is 1.22. The predicted octanol–water partition coefficient (Wildman–Crippen LogP) is 3.19. The van der Waals surface area contributed by atoms with Gasteiger partial charge in [0.25, 0.3) is 0 Å². The first kappa shape index (κ1) is 21.2. The average Bonchev–Trinajstić information content (AvgIpc) is 2.39. The van der Waals surface area contributed by atoms with Crippen molar-refractivity contribution in [1.82, 2.24) is 10.2 Å². The van der Waals surface area contributed by atoms with Gasteiger partial charge in [0.1, 0.15) is 6.04 Å². The van der Waals surface area contributed by atoms with Crippen LogP contribution in [-0.4, -0.2) is 42.4 Å². The van der Waals surface area contributed by atoms with Gasteiger partial charge in [-0.15, -0.1) is 24.8 Å². The molecule has 0 spiro atoms. The fourth-order valence-electron chi connectivity index (χ4n) is 2.52. The van der Waals surface area contributed by atoms with Crippen molar-refractivity contribution in [2.45, 2.75) is 19.1 Å². The Bertz CT molecular complexity index is 494. The van der Waals surface area contributed by atoms with Gasteiger partial charge >= 0.3 is 6.18 Å². The molecule has 0 amide bonds. The van der Waals surface area contributed by atoms with Crippen LogP contribution in [0, 0.1) is 12.7 Å². The minimum atomic E-state index is -4.58. The average molecular weight is 365 g/mol. The van der Waals surface area contributed by atoms with Crippen molar-refractivity contribution in [2.24, 2.45) is 0 Å². The third kappa shape index (κ3) is 4.38. The van der Waals surface area contributed by atoms with Gasteiger partial charge < -0.3 is 10.4 Å². The number of hydrogen-bond donors (Lipinski definition) is 2. The second-order valence-corrected chi connectivity index (χ2v) is 4.86. The SMILES string of the molecule is Cc1ccc(F)c(O)c1[C@H](N1CCNCC1)C(F)(F)F.Cl.Cl. The lowest BCUT2D eigenvalue weighted by Crippen LogP contribution is -2.49. The van der Waals surface area contributed by atoms with Gasteiger partial charge in [-0.25, -0.2) is 4.39 Å². The van der Waals surface area contributed by atoms with E-state index in [0.717, 1.165) is 6.07 Å². The number of aromatic hydroxyl groups is 1. The van der Waals surface area contributed by atoms with E-state index in [9.17, 15) is 22.7 Å². The van der Waals surface area contributed by atoms with Crippen molar-refractivity contribution in [3.8, 4) is 5.75 Å². The quantitative estimate of drug-likeness (QED) is 0.791. The molecule has 1 aliphatic heterocycles. The molecule has 0 saturated carbocycles. The first-order valence-corrected chi connectivity index (χ1v) is 6.32. The number of nitrogens with zero attached hydrogens (tertiary/aromatic N) is 1. The van der Waals surface area contributed by atoms with Gasteiger partial charge in [0.05, 0.1) is 0 Å². The number of phenols is 1. The van der Waals surface area contributed by atoms with Crippen molar-refractivity contribution in [3.63, 3.8) is 0 Å². The summed E-state index contributed by atoms with van der Waals surface area (Å²) in [5.74, 6) is -1.94. The number of piperazine rings is 1. The van der Waals surface area contributed by atoms with Crippen LogP contribution >= 0.6 is 24.8 Å². The first-order chi connectivity index (χ1) is 9.32. The van der Waals surface area contributed by atoms with Crippen LogP contribution < -0.4 is 5.32 Å². The monoisotopic (exact) mass is 364 g/mol. The summed E-state index contributed by atoms with van der Waals surface area (Å²) in [6.07, 6.45) is -4.58. The maximum Gasteiger partial charge on any atom is 0.408 e. The summed E-state index contributed by atoms with van der Waals surface area (Å²) in [5, 5.41) is 12.7. The van der Waals surface area contributed by atoms with Gasteiger partial charge in [0.2, 0.25) is 0 Å². The maximum absolute atomic E-state index is 13.4. The van der Waals surface area contributed by atoms with Crippen LogP contribution in [0.5, 0.6) is 5.75 Å². The Morgan fingerprint density at radius 1 is 1.18 bits per heavy atom. The number of benzene rings is 1. The number of nitrogens with one attached hydrogen (secondary N) is 1. The van der Waals surface area contributed by atoms with Gasteiger partial charge in [-0.05, 0) is 18.6 Å². The van der Waals surface area contributed by atoms with Crippen molar-refractivity contribution in [1.29, 1.82) is 0 Å². The number of phenolic OH excluding ortho intramolecular Hbond substituents is 1. The Kier molecular flexibility index (Phi) is 7.91. The summed E-state index contributed by atoms with van der Waals surface area (Å²) in [6, 6.07) is 0.241. The van der Waals surface area contributed by atoms with Crippen LogP contribution in [-0.2, 0) is 0 Å². The molecule has 0 bridgehead atoms. The zero-order chi connectivity index (χ0) is 14.9. The molecule has 1 atom stereocenters. The highest BCUT2D eigenvalue weighted by Gasteiger charge is 2.47. The van der Waals surface area contributed by atoms with E-state index in [-0.39, 0.29) is 49.0 Å². The Morgan fingerprint density at radius 2 is 1.73 bits per heavy atom. The van der Waals surface area contributed by atoms with Crippen LogP contribution in [0.3, 0.4) is 0 Å². The van der Waals surface area contributed by atoms with E-state index in [1.807, 2.05) is 0 Å². The second kappa shape index (κ2) is 8.19. The van der Waals surface area contributed by atoms with Gasteiger partial charge in [-0.3, -0.25) is 4.90 Å². The molecule has 1 aliphatic rings. The van der Waals surface area contributed by atoms with Gasteiger partial charge in [-0.1, -0.05) is 6.07 Å². The molecule has 0 radical (unpaired) electrons. The van der Waals surface area contributed by atoms with E-state index >= 15 is 0 Å². The standard InChI is InChI=1S/C13H16F4N2O.2ClH/c1-8-2-3-9(14)11(20)10(8)12(13(15,16)17)19-6-4-18-5-7-19;;/h2-3,12,18,20H,4-7H2,1H3;2*1H/t12-;;/m0../s1. The number of halogens is 6. The molecule has 0 unspecified atom stereocenters. The van der Waals surface area contributed by atoms with E-state index in [2.05, 4.69) is 5.32 Å². The summed E-state index contributed by atoms with van der Waals surface area (Å²) in [6.45, 7) is 2.69. The molecule has 22 heavy (non-hydrogen) atoms. The Hall–Kier alpha value is -0.760. The molecular formula is C13H18Cl2F4N2O. The van der Waals surface area contributed by atoms with Crippen LogP contribution in [0.25, 0.3) is 0 Å². The molecule has 1 heterocycles. The Balaban J connectivity index is 0.00000220. The summed E-state index contributed by atoms with van der Waals surface area (Å²) < 4.78 is 53.6. The zero-order valence-electron chi connectivity index (χ0n) is 11.8. The van der Waals surface area contributed by atoms with E-state index in [1.165, 1.54) is 17.9 Å². The predicted molar refractivity (Wildman–Crippen MR) is 80.5 cm³/mol. The van der Waals surface area contributed by atoms with E-state index in [0.29, 0.717) is 13.1 Å². The van der Waals surface area contributed by atoms with Crippen LogP contribution in [0.4, 0.5) is 17.6 Å². The largest absolute Gasteiger partial charge is 0.505 e. The maximum atomic E-state index is 13.4. The number of hydrogen-bond acceptors (Lipinski definition) is 3. The minimum absolute atomic E-state index is 0. The molecule has 0 aliphatic carbocycles. The lowest BCUT2D eigenvalue weighted by Gasteiger charge is -2.37.